The topological polar surface area (TPSA) is 69.6 Å². The van der Waals surface area contributed by atoms with Crippen molar-refractivity contribution in [1.82, 2.24) is 5.32 Å². The van der Waals surface area contributed by atoms with Crippen LogP contribution in [0, 0.1) is 0 Å². The molecule has 2 rings (SSSR count). The van der Waals surface area contributed by atoms with Crippen molar-refractivity contribution in [2.75, 3.05) is 18.0 Å². The van der Waals surface area contributed by atoms with Gasteiger partial charge in [-0.2, -0.15) is 0 Å². The van der Waals surface area contributed by atoms with Crippen molar-refractivity contribution in [3.8, 4) is 0 Å². The molecule has 0 aromatic heterocycles. The van der Waals surface area contributed by atoms with Gasteiger partial charge in [-0.05, 0) is 25.0 Å². The molecule has 0 fully saturated rings. The van der Waals surface area contributed by atoms with E-state index in [1.54, 1.807) is 4.90 Å². The van der Waals surface area contributed by atoms with E-state index in [0.717, 1.165) is 12.1 Å². The smallest absolute Gasteiger partial charge is 0.304 e. The molecule has 1 aromatic carbocycles. The van der Waals surface area contributed by atoms with Gasteiger partial charge in [-0.15, -0.1) is 0 Å². The van der Waals surface area contributed by atoms with Gasteiger partial charge in [0.05, 0.1) is 13.0 Å². The maximum Gasteiger partial charge on any atom is 0.304 e. The van der Waals surface area contributed by atoms with E-state index in [1.165, 1.54) is 5.56 Å². The van der Waals surface area contributed by atoms with Crippen molar-refractivity contribution in [3.63, 3.8) is 0 Å². The molecule has 5 heteroatoms. The molecule has 1 aliphatic rings. The van der Waals surface area contributed by atoms with Crippen LogP contribution >= 0.6 is 0 Å². The third-order valence-electron chi connectivity index (χ3n) is 3.27. The SMILES string of the molecule is CC1Cc2ccccc2N1C(=O)CNCCC(=O)O. The minimum Gasteiger partial charge on any atom is -0.481 e. The molecule has 0 saturated carbocycles. The number of carbonyl (C=O) groups excluding carboxylic acids is 1. The molecule has 5 nitrogen and oxygen atoms in total. The number of fused-ring (bicyclic) bond motifs is 1. The first kappa shape index (κ1) is 13.5. The van der Waals surface area contributed by atoms with Crippen LogP contribution in [-0.4, -0.2) is 36.1 Å². The lowest BCUT2D eigenvalue weighted by Gasteiger charge is -2.22. The highest BCUT2D eigenvalue weighted by atomic mass is 16.4. The Bertz CT molecular complexity index is 487. The van der Waals surface area contributed by atoms with Gasteiger partial charge in [0.2, 0.25) is 5.91 Å². The summed E-state index contributed by atoms with van der Waals surface area (Å²) in [5, 5.41) is 11.4. The number of rotatable bonds is 5. The van der Waals surface area contributed by atoms with Crippen molar-refractivity contribution in [2.24, 2.45) is 0 Å². The average Bonchev–Trinajstić information content (AvgIpc) is 2.70. The Kier molecular flexibility index (Phi) is 4.16. The highest BCUT2D eigenvalue weighted by Crippen LogP contribution is 2.31. The molecular weight excluding hydrogens is 244 g/mol. The molecule has 0 radical (unpaired) electrons. The summed E-state index contributed by atoms with van der Waals surface area (Å²) in [5.41, 5.74) is 2.16. The monoisotopic (exact) mass is 262 g/mol. The number of amides is 1. The standard InChI is InChI=1S/C14H18N2O3/c1-10-8-11-4-2-3-5-12(11)16(10)13(17)9-15-7-6-14(18)19/h2-5,10,15H,6-9H2,1H3,(H,18,19). The van der Waals surface area contributed by atoms with Gasteiger partial charge in [0.25, 0.3) is 0 Å². The maximum absolute atomic E-state index is 12.2. The zero-order valence-corrected chi connectivity index (χ0v) is 10.9. The Hall–Kier alpha value is -1.88. The van der Waals surface area contributed by atoms with Crippen LogP contribution in [0.1, 0.15) is 18.9 Å². The fraction of sp³-hybridized carbons (Fsp3) is 0.429. The summed E-state index contributed by atoms with van der Waals surface area (Å²) >= 11 is 0. The Morgan fingerprint density at radius 2 is 2.16 bits per heavy atom. The molecule has 1 aliphatic heterocycles. The van der Waals surface area contributed by atoms with Crippen molar-refractivity contribution in [1.29, 1.82) is 0 Å². The Labute approximate surface area is 112 Å². The molecule has 1 amide bonds. The lowest BCUT2D eigenvalue weighted by atomic mass is 10.1. The van der Waals surface area contributed by atoms with E-state index < -0.39 is 5.97 Å². The summed E-state index contributed by atoms with van der Waals surface area (Å²) in [6.07, 6.45) is 0.899. The van der Waals surface area contributed by atoms with Crippen molar-refractivity contribution >= 4 is 17.6 Å². The molecule has 1 unspecified atom stereocenters. The summed E-state index contributed by atoms with van der Waals surface area (Å²) in [5.74, 6) is -0.873. The molecule has 0 aliphatic carbocycles. The van der Waals surface area contributed by atoms with Gasteiger partial charge < -0.3 is 15.3 Å². The maximum atomic E-state index is 12.2. The second-order valence-electron chi connectivity index (χ2n) is 4.77. The summed E-state index contributed by atoms with van der Waals surface area (Å²) in [6, 6.07) is 8.05. The number of nitrogens with one attached hydrogen (secondary N) is 1. The third kappa shape index (κ3) is 3.12. The van der Waals surface area contributed by atoms with Gasteiger partial charge in [0.1, 0.15) is 0 Å². The first-order valence-electron chi connectivity index (χ1n) is 6.42. The minimum atomic E-state index is -0.861. The summed E-state index contributed by atoms with van der Waals surface area (Å²) < 4.78 is 0. The number of hydrogen-bond donors (Lipinski definition) is 2. The quantitative estimate of drug-likeness (QED) is 0.778. The third-order valence-corrected chi connectivity index (χ3v) is 3.27. The molecule has 1 aromatic rings. The number of para-hydroxylation sites is 1. The molecular formula is C14H18N2O3. The van der Waals surface area contributed by atoms with Crippen molar-refractivity contribution in [2.45, 2.75) is 25.8 Å². The number of carboxylic acids is 1. The number of nitrogens with zero attached hydrogens (tertiary/aromatic N) is 1. The number of anilines is 1. The first-order chi connectivity index (χ1) is 9.09. The van der Waals surface area contributed by atoms with Crippen LogP contribution in [0.4, 0.5) is 5.69 Å². The van der Waals surface area contributed by atoms with E-state index in [2.05, 4.69) is 5.32 Å². The molecule has 0 bridgehead atoms. The number of carbonyl (C=O) groups is 2. The fourth-order valence-electron chi connectivity index (χ4n) is 2.42. The Balaban J connectivity index is 1.94. The molecule has 0 spiro atoms. The van der Waals surface area contributed by atoms with Crippen LogP contribution in [-0.2, 0) is 16.0 Å². The second kappa shape index (κ2) is 5.84. The van der Waals surface area contributed by atoms with Crippen LogP contribution in [0.15, 0.2) is 24.3 Å². The second-order valence-corrected chi connectivity index (χ2v) is 4.77. The summed E-state index contributed by atoms with van der Waals surface area (Å²) in [6.45, 7) is 2.51. The first-order valence-corrected chi connectivity index (χ1v) is 6.42. The Morgan fingerprint density at radius 1 is 1.42 bits per heavy atom. The van der Waals surface area contributed by atoms with Gasteiger partial charge in [0, 0.05) is 18.3 Å². The average molecular weight is 262 g/mol. The van der Waals surface area contributed by atoms with E-state index in [4.69, 9.17) is 5.11 Å². The predicted octanol–water partition coefficient (Wildman–Crippen LogP) is 1.03. The molecule has 102 valence electrons. The van der Waals surface area contributed by atoms with E-state index in [1.807, 2.05) is 31.2 Å². The van der Waals surface area contributed by atoms with E-state index >= 15 is 0 Å². The van der Waals surface area contributed by atoms with Crippen molar-refractivity contribution < 1.29 is 14.7 Å². The molecule has 1 atom stereocenters. The van der Waals surface area contributed by atoms with E-state index in [0.29, 0.717) is 6.54 Å². The number of benzene rings is 1. The zero-order valence-electron chi connectivity index (χ0n) is 10.9. The lowest BCUT2D eigenvalue weighted by molar-refractivity contribution is -0.137. The van der Waals surface area contributed by atoms with Crippen LogP contribution in [0.25, 0.3) is 0 Å². The Morgan fingerprint density at radius 3 is 2.89 bits per heavy atom. The van der Waals surface area contributed by atoms with Crippen LogP contribution in [0.5, 0.6) is 0 Å². The number of aliphatic carboxylic acids is 1. The molecule has 19 heavy (non-hydrogen) atoms. The normalized spacial score (nSPS) is 17.3. The number of carboxylic acid groups (broad SMARTS) is 1. The lowest BCUT2D eigenvalue weighted by Crippen LogP contribution is -2.41. The summed E-state index contributed by atoms with van der Waals surface area (Å²) in [4.78, 5) is 24.4. The van der Waals surface area contributed by atoms with Gasteiger partial charge in [-0.25, -0.2) is 0 Å². The van der Waals surface area contributed by atoms with E-state index in [-0.39, 0.29) is 24.9 Å². The molecule has 2 N–H and O–H groups in total. The van der Waals surface area contributed by atoms with Crippen LogP contribution in [0.2, 0.25) is 0 Å². The number of hydrogen-bond acceptors (Lipinski definition) is 3. The van der Waals surface area contributed by atoms with Gasteiger partial charge >= 0.3 is 5.97 Å². The zero-order chi connectivity index (χ0) is 13.8. The van der Waals surface area contributed by atoms with Crippen LogP contribution < -0.4 is 10.2 Å². The van der Waals surface area contributed by atoms with Gasteiger partial charge in [-0.1, -0.05) is 18.2 Å². The van der Waals surface area contributed by atoms with Gasteiger partial charge in [0.15, 0.2) is 0 Å². The summed E-state index contributed by atoms with van der Waals surface area (Å²) in [7, 11) is 0. The predicted molar refractivity (Wildman–Crippen MR) is 72.2 cm³/mol. The molecule has 1 heterocycles. The van der Waals surface area contributed by atoms with Crippen LogP contribution in [0.3, 0.4) is 0 Å². The van der Waals surface area contributed by atoms with E-state index in [9.17, 15) is 9.59 Å². The fourth-order valence-corrected chi connectivity index (χ4v) is 2.42. The van der Waals surface area contributed by atoms with Gasteiger partial charge in [-0.3, -0.25) is 9.59 Å². The minimum absolute atomic E-state index is 0.0113. The molecule has 0 saturated heterocycles. The highest BCUT2D eigenvalue weighted by Gasteiger charge is 2.29. The van der Waals surface area contributed by atoms with Crippen molar-refractivity contribution in [3.05, 3.63) is 29.8 Å². The highest BCUT2D eigenvalue weighted by molar-refractivity contribution is 5.97. The largest absolute Gasteiger partial charge is 0.481 e.